The lowest BCUT2D eigenvalue weighted by Crippen LogP contribution is -2.13. The molecule has 0 fully saturated rings. The highest BCUT2D eigenvalue weighted by Crippen LogP contribution is 2.25. The molecule has 0 aromatic heterocycles. The van der Waals surface area contributed by atoms with Crippen LogP contribution in [-0.2, 0) is 10.0 Å². The zero-order chi connectivity index (χ0) is 17.2. The van der Waals surface area contributed by atoms with E-state index in [1.807, 2.05) is 37.3 Å². The molecule has 1 N–H and O–H groups in total. The van der Waals surface area contributed by atoms with Crippen molar-refractivity contribution in [1.82, 2.24) is 0 Å². The van der Waals surface area contributed by atoms with Crippen LogP contribution in [0.5, 0.6) is 0 Å². The Morgan fingerprint density at radius 3 is 2.08 bits per heavy atom. The molecule has 0 heterocycles. The van der Waals surface area contributed by atoms with Crippen LogP contribution < -0.4 is 4.72 Å². The van der Waals surface area contributed by atoms with E-state index in [0.29, 0.717) is 10.7 Å². The number of sulfonamides is 1. The monoisotopic (exact) mass is 357 g/mol. The van der Waals surface area contributed by atoms with E-state index in [-0.39, 0.29) is 4.90 Å². The number of halogens is 1. The van der Waals surface area contributed by atoms with Gasteiger partial charge in [0.15, 0.2) is 0 Å². The Morgan fingerprint density at radius 2 is 1.46 bits per heavy atom. The summed E-state index contributed by atoms with van der Waals surface area (Å²) in [5.74, 6) is 0. The molecule has 24 heavy (non-hydrogen) atoms. The molecular weight excluding hydrogens is 342 g/mol. The van der Waals surface area contributed by atoms with Gasteiger partial charge < -0.3 is 0 Å². The summed E-state index contributed by atoms with van der Waals surface area (Å²) >= 11 is 5.90. The number of benzene rings is 3. The van der Waals surface area contributed by atoms with Gasteiger partial charge in [-0.05, 0) is 53.9 Å². The van der Waals surface area contributed by atoms with Crippen LogP contribution in [-0.4, -0.2) is 8.42 Å². The SMILES string of the molecule is Cc1cc(Cl)ccc1NS(=O)(=O)c1ccc(-c2ccccc2)cc1. The molecule has 0 saturated carbocycles. The first-order valence-electron chi connectivity index (χ1n) is 7.40. The maximum atomic E-state index is 12.5. The lowest BCUT2D eigenvalue weighted by Gasteiger charge is -2.11. The molecule has 0 bridgehead atoms. The molecule has 0 spiro atoms. The maximum absolute atomic E-state index is 12.5. The Labute approximate surface area is 147 Å². The Morgan fingerprint density at radius 1 is 0.833 bits per heavy atom. The molecule has 0 aliphatic carbocycles. The first kappa shape index (κ1) is 16.6. The average molecular weight is 358 g/mol. The maximum Gasteiger partial charge on any atom is 0.261 e. The number of rotatable bonds is 4. The van der Waals surface area contributed by atoms with Crippen molar-refractivity contribution in [2.75, 3.05) is 4.72 Å². The van der Waals surface area contributed by atoms with Crippen LogP contribution in [0.2, 0.25) is 5.02 Å². The minimum absolute atomic E-state index is 0.219. The minimum atomic E-state index is -3.64. The standard InChI is InChI=1S/C19H16ClNO2S/c1-14-13-17(20)9-12-19(14)21-24(22,23)18-10-7-16(8-11-18)15-5-3-2-4-6-15/h2-13,21H,1H3. The molecule has 3 aromatic carbocycles. The molecule has 0 aliphatic heterocycles. The van der Waals surface area contributed by atoms with Crippen LogP contribution in [0.3, 0.4) is 0 Å². The number of nitrogens with one attached hydrogen (secondary N) is 1. The summed E-state index contributed by atoms with van der Waals surface area (Å²) in [6.07, 6.45) is 0. The fourth-order valence-corrected chi connectivity index (χ4v) is 3.76. The van der Waals surface area contributed by atoms with Crippen molar-refractivity contribution in [2.24, 2.45) is 0 Å². The van der Waals surface area contributed by atoms with Crippen LogP contribution in [0.25, 0.3) is 11.1 Å². The number of anilines is 1. The third kappa shape index (κ3) is 3.61. The van der Waals surface area contributed by atoms with E-state index in [4.69, 9.17) is 11.6 Å². The van der Waals surface area contributed by atoms with Gasteiger partial charge in [-0.15, -0.1) is 0 Å². The topological polar surface area (TPSA) is 46.2 Å². The van der Waals surface area contributed by atoms with Crippen LogP contribution in [0.15, 0.2) is 77.7 Å². The average Bonchev–Trinajstić information content (AvgIpc) is 2.58. The van der Waals surface area contributed by atoms with Crippen molar-refractivity contribution in [3.63, 3.8) is 0 Å². The van der Waals surface area contributed by atoms with E-state index in [2.05, 4.69) is 4.72 Å². The Bertz CT molecular complexity index is 952. The smallest absolute Gasteiger partial charge is 0.261 e. The van der Waals surface area contributed by atoms with Gasteiger partial charge >= 0.3 is 0 Å². The number of hydrogen-bond acceptors (Lipinski definition) is 2. The van der Waals surface area contributed by atoms with Crippen LogP contribution in [0, 0.1) is 6.92 Å². The molecule has 0 unspecified atom stereocenters. The molecule has 0 aliphatic rings. The highest BCUT2D eigenvalue weighted by atomic mass is 35.5. The van der Waals surface area contributed by atoms with Crippen molar-refractivity contribution in [3.05, 3.63) is 83.4 Å². The fraction of sp³-hybridized carbons (Fsp3) is 0.0526. The fourth-order valence-electron chi connectivity index (χ4n) is 2.40. The summed E-state index contributed by atoms with van der Waals surface area (Å²) in [5, 5.41) is 0.572. The summed E-state index contributed by atoms with van der Waals surface area (Å²) in [6.45, 7) is 1.81. The van der Waals surface area contributed by atoms with E-state index in [1.165, 1.54) is 0 Å². The molecule has 3 aromatic rings. The first-order valence-corrected chi connectivity index (χ1v) is 9.26. The molecule has 3 nitrogen and oxygen atoms in total. The van der Waals surface area contributed by atoms with Gasteiger partial charge in [-0.3, -0.25) is 4.72 Å². The van der Waals surface area contributed by atoms with Gasteiger partial charge in [0.1, 0.15) is 0 Å². The van der Waals surface area contributed by atoms with Gasteiger partial charge in [0, 0.05) is 5.02 Å². The van der Waals surface area contributed by atoms with Crippen LogP contribution in [0.1, 0.15) is 5.56 Å². The van der Waals surface area contributed by atoms with Crippen molar-refractivity contribution in [1.29, 1.82) is 0 Å². The van der Waals surface area contributed by atoms with Crippen molar-refractivity contribution in [3.8, 4) is 11.1 Å². The van der Waals surface area contributed by atoms with E-state index >= 15 is 0 Å². The highest BCUT2D eigenvalue weighted by Gasteiger charge is 2.15. The molecule has 0 amide bonds. The quantitative estimate of drug-likeness (QED) is 0.704. The Balaban J connectivity index is 1.87. The zero-order valence-corrected chi connectivity index (χ0v) is 14.6. The summed E-state index contributed by atoms with van der Waals surface area (Å²) in [5.41, 5.74) is 3.30. The predicted molar refractivity (Wildman–Crippen MR) is 98.9 cm³/mol. The molecule has 0 atom stereocenters. The molecule has 0 saturated heterocycles. The van der Waals surface area contributed by atoms with Gasteiger partial charge in [0.2, 0.25) is 0 Å². The lowest BCUT2D eigenvalue weighted by molar-refractivity contribution is 0.601. The Hall–Kier alpha value is -2.30. The third-order valence-electron chi connectivity index (χ3n) is 3.70. The summed E-state index contributed by atoms with van der Waals surface area (Å²) < 4.78 is 27.7. The molecule has 3 rings (SSSR count). The second kappa shape index (κ2) is 6.67. The minimum Gasteiger partial charge on any atom is -0.279 e. The Kier molecular flexibility index (Phi) is 4.60. The lowest BCUT2D eigenvalue weighted by atomic mass is 10.1. The van der Waals surface area contributed by atoms with Gasteiger partial charge in [-0.1, -0.05) is 54.1 Å². The largest absolute Gasteiger partial charge is 0.279 e. The molecule has 122 valence electrons. The van der Waals surface area contributed by atoms with E-state index in [9.17, 15) is 8.42 Å². The van der Waals surface area contributed by atoms with E-state index in [1.54, 1.807) is 42.5 Å². The van der Waals surface area contributed by atoms with Crippen LogP contribution in [0.4, 0.5) is 5.69 Å². The molecule has 0 radical (unpaired) electrons. The molecule has 5 heteroatoms. The number of aryl methyl sites for hydroxylation is 1. The first-order chi connectivity index (χ1) is 11.5. The highest BCUT2D eigenvalue weighted by molar-refractivity contribution is 7.92. The van der Waals surface area contributed by atoms with Crippen molar-refractivity contribution < 1.29 is 8.42 Å². The molecular formula is C19H16ClNO2S. The second-order valence-corrected chi connectivity index (χ2v) is 7.57. The zero-order valence-electron chi connectivity index (χ0n) is 13.0. The van der Waals surface area contributed by atoms with Gasteiger partial charge in [-0.25, -0.2) is 8.42 Å². The normalized spacial score (nSPS) is 11.2. The summed E-state index contributed by atoms with van der Waals surface area (Å²) in [7, 11) is -3.64. The predicted octanol–water partition coefficient (Wildman–Crippen LogP) is 5.12. The summed E-state index contributed by atoms with van der Waals surface area (Å²) in [6, 6.07) is 21.7. The number of hydrogen-bond donors (Lipinski definition) is 1. The second-order valence-electron chi connectivity index (χ2n) is 5.46. The van der Waals surface area contributed by atoms with Gasteiger partial charge in [0.25, 0.3) is 10.0 Å². The third-order valence-corrected chi connectivity index (χ3v) is 5.32. The van der Waals surface area contributed by atoms with E-state index in [0.717, 1.165) is 16.7 Å². The van der Waals surface area contributed by atoms with Gasteiger partial charge in [-0.2, -0.15) is 0 Å². The summed E-state index contributed by atoms with van der Waals surface area (Å²) in [4.78, 5) is 0.219. The van der Waals surface area contributed by atoms with Crippen molar-refractivity contribution >= 4 is 27.3 Å². The van der Waals surface area contributed by atoms with Crippen molar-refractivity contribution in [2.45, 2.75) is 11.8 Å². The van der Waals surface area contributed by atoms with Crippen LogP contribution >= 0.6 is 11.6 Å². The van der Waals surface area contributed by atoms with E-state index < -0.39 is 10.0 Å². The van der Waals surface area contributed by atoms with Gasteiger partial charge in [0.05, 0.1) is 10.6 Å².